The molecule has 1 atom stereocenters. The van der Waals surface area contributed by atoms with Crippen molar-refractivity contribution in [1.29, 1.82) is 0 Å². The standard InChI is InChI=1S/C18H20N2O2/c1-3-20-15-11-14(19)7-8-16(15)22-17(18(20)21)10-13-6-4-5-12(2)9-13/h4-9,11,17H,3,10,19H2,1-2H3. The molecule has 0 bridgehead atoms. The van der Waals surface area contributed by atoms with Gasteiger partial charge < -0.3 is 15.4 Å². The van der Waals surface area contributed by atoms with Gasteiger partial charge >= 0.3 is 0 Å². The number of hydrogen-bond donors (Lipinski definition) is 1. The molecular weight excluding hydrogens is 276 g/mol. The van der Waals surface area contributed by atoms with Gasteiger partial charge in [-0.05, 0) is 37.6 Å². The molecule has 22 heavy (non-hydrogen) atoms. The molecular formula is C18H20N2O2. The Kier molecular flexibility index (Phi) is 3.75. The number of hydrogen-bond acceptors (Lipinski definition) is 3. The van der Waals surface area contributed by atoms with Gasteiger partial charge in [0.05, 0.1) is 5.69 Å². The Morgan fingerprint density at radius 3 is 2.77 bits per heavy atom. The number of nitrogen functional groups attached to an aromatic ring is 1. The van der Waals surface area contributed by atoms with Gasteiger partial charge in [0.1, 0.15) is 5.75 Å². The lowest BCUT2D eigenvalue weighted by atomic mass is 10.0. The van der Waals surface area contributed by atoms with Crippen LogP contribution in [0.1, 0.15) is 18.1 Å². The fourth-order valence-corrected chi connectivity index (χ4v) is 2.85. The first-order valence-corrected chi connectivity index (χ1v) is 7.51. The summed E-state index contributed by atoms with van der Waals surface area (Å²) >= 11 is 0. The largest absolute Gasteiger partial charge is 0.478 e. The van der Waals surface area contributed by atoms with Gasteiger partial charge in [0.2, 0.25) is 0 Å². The number of carbonyl (C=O) groups excluding carboxylic acids is 1. The molecule has 1 amide bonds. The summed E-state index contributed by atoms with van der Waals surface area (Å²) in [6.45, 7) is 4.60. The Balaban J connectivity index is 1.91. The first-order valence-electron chi connectivity index (χ1n) is 7.51. The van der Waals surface area contributed by atoms with Crippen molar-refractivity contribution < 1.29 is 9.53 Å². The zero-order chi connectivity index (χ0) is 15.7. The number of carbonyl (C=O) groups is 1. The average Bonchev–Trinajstić information content (AvgIpc) is 2.49. The Labute approximate surface area is 130 Å². The number of likely N-dealkylation sites (N-methyl/N-ethyl adjacent to an activating group) is 1. The van der Waals surface area contributed by atoms with Gasteiger partial charge in [-0.1, -0.05) is 29.8 Å². The summed E-state index contributed by atoms with van der Waals surface area (Å²) in [6, 6.07) is 13.6. The fraction of sp³-hybridized carbons (Fsp3) is 0.278. The molecule has 1 aliphatic heterocycles. The van der Waals surface area contributed by atoms with Crippen LogP contribution in [0.3, 0.4) is 0 Å². The van der Waals surface area contributed by atoms with Crippen molar-refractivity contribution in [1.82, 2.24) is 0 Å². The molecule has 0 aliphatic carbocycles. The van der Waals surface area contributed by atoms with Crippen LogP contribution in [-0.2, 0) is 11.2 Å². The predicted molar refractivity (Wildman–Crippen MR) is 88.2 cm³/mol. The Bertz CT molecular complexity index is 712. The highest BCUT2D eigenvalue weighted by molar-refractivity contribution is 6.00. The van der Waals surface area contributed by atoms with Gasteiger partial charge in [-0.15, -0.1) is 0 Å². The highest BCUT2D eigenvalue weighted by Crippen LogP contribution is 2.36. The summed E-state index contributed by atoms with van der Waals surface area (Å²) < 4.78 is 5.93. The van der Waals surface area contributed by atoms with Crippen molar-refractivity contribution in [2.45, 2.75) is 26.4 Å². The second kappa shape index (κ2) is 5.72. The van der Waals surface area contributed by atoms with Crippen LogP contribution >= 0.6 is 0 Å². The smallest absolute Gasteiger partial charge is 0.268 e. The lowest BCUT2D eigenvalue weighted by molar-refractivity contribution is -0.126. The van der Waals surface area contributed by atoms with Crippen LogP contribution in [0.15, 0.2) is 42.5 Å². The van der Waals surface area contributed by atoms with E-state index in [1.54, 1.807) is 17.0 Å². The van der Waals surface area contributed by atoms with Crippen LogP contribution in [0, 0.1) is 6.92 Å². The number of ether oxygens (including phenoxy) is 1. The first kappa shape index (κ1) is 14.4. The molecule has 114 valence electrons. The Morgan fingerprint density at radius 2 is 2.05 bits per heavy atom. The third-order valence-corrected chi connectivity index (χ3v) is 3.90. The SMILES string of the molecule is CCN1C(=O)C(Cc2cccc(C)c2)Oc2ccc(N)cc21. The van der Waals surface area contributed by atoms with Crippen LogP contribution in [0.4, 0.5) is 11.4 Å². The van der Waals surface area contributed by atoms with Crippen LogP contribution in [0.5, 0.6) is 5.75 Å². The third-order valence-electron chi connectivity index (χ3n) is 3.90. The van der Waals surface area contributed by atoms with E-state index in [4.69, 9.17) is 10.5 Å². The molecule has 0 spiro atoms. The van der Waals surface area contributed by atoms with E-state index < -0.39 is 6.10 Å². The van der Waals surface area contributed by atoms with E-state index >= 15 is 0 Å². The van der Waals surface area contributed by atoms with Crippen LogP contribution in [0.25, 0.3) is 0 Å². The van der Waals surface area contributed by atoms with E-state index in [1.807, 2.05) is 38.1 Å². The number of nitrogens with two attached hydrogens (primary N) is 1. The zero-order valence-electron chi connectivity index (χ0n) is 12.9. The van der Waals surface area contributed by atoms with Gasteiger partial charge in [-0.3, -0.25) is 4.79 Å². The minimum Gasteiger partial charge on any atom is -0.478 e. The number of rotatable bonds is 3. The van der Waals surface area contributed by atoms with Crippen molar-refractivity contribution in [3.8, 4) is 5.75 Å². The van der Waals surface area contributed by atoms with Crippen molar-refractivity contribution in [2.24, 2.45) is 0 Å². The summed E-state index contributed by atoms with van der Waals surface area (Å²) in [6.07, 6.45) is 0.0822. The van der Waals surface area contributed by atoms with E-state index in [9.17, 15) is 4.79 Å². The maximum atomic E-state index is 12.7. The van der Waals surface area contributed by atoms with Gasteiger partial charge in [0.15, 0.2) is 6.10 Å². The van der Waals surface area contributed by atoms with E-state index in [0.717, 1.165) is 11.3 Å². The second-order valence-electron chi connectivity index (χ2n) is 5.61. The van der Waals surface area contributed by atoms with Crippen LogP contribution in [-0.4, -0.2) is 18.6 Å². The molecule has 0 saturated carbocycles. The Morgan fingerprint density at radius 1 is 1.23 bits per heavy atom. The molecule has 1 unspecified atom stereocenters. The summed E-state index contributed by atoms with van der Waals surface area (Å²) in [7, 11) is 0. The van der Waals surface area contributed by atoms with Crippen LogP contribution in [0.2, 0.25) is 0 Å². The lowest BCUT2D eigenvalue weighted by Gasteiger charge is -2.34. The van der Waals surface area contributed by atoms with Crippen molar-refractivity contribution >= 4 is 17.3 Å². The number of nitrogens with zero attached hydrogens (tertiary/aromatic N) is 1. The van der Waals surface area contributed by atoms with Gasteiger partial charge in [-0.25, -0.2) is 0 Å². The minimum atomic E-state index is -0.488. The normalized spacial score (nSPS) is 17.1. The highest BCUT2D eigenvalue weighted by Gasteiger charge is 2.33. The van der Waals surface area contributed by atoms with Crippen molar-refractivity contribution in [3.63, 3.8) is 0 Å². The molecule has 2 N–H and O–H groups in total. The second-order valence-corrected chi connectivity index (χ2v) is 5.61. The molecule has 2 aromatic rings. The molecule has 0 saturated heterocycles. The maximum absolute atomic E-state index is 12.7. The van der Waals surface area contributed by atoms with Crippen molar-refractivity contribution in [2.75, 3.05) is 17.2 Å². The predicted octanol–water partition coefficient (Wildman–Crippen LogP) is 2.93. The molecule has 4 nitrogen and oxygen atoms in total. The van der Waals surface area contributed by atoms with E-state index in [0.29, 0.717) is 24.4 Å². The Hall–Kier alpha value is -2.49. The van der Waals surface area contributed by atoms with Gasteiger partial charge in [0.25, 0.3) is 5.91 Å². The third kappa shape index (κ3) is 2.64. The topological polar surface area (TPSA) is 55.6 Å². The summed E-state index contributed by atoms with van der Waals surface area (Å²) in [5.74, 6) is 0.704. The minimum absolute atomic E-state index is 0.0119. The molecule has 4 heteroatoms. The van der Waals surface area contributed by atoms with E-state index in [2.05, 4.69) is 6.07 Å². The van der Waals surface area contributed by atoms with Gasteiger partial charge in [0, 0.05) is 18.7 Å². The molecule has 0 fully saturated rings. The average molecular weight is 296 g/mol. The number of amides is 1. The number of aryl methyl sites for hydroxylation is 1. The highest BCUT2D eigenvalue weighted by atomic mass is 16.5. The number of benzene rings is 2. The quantitative estimate of drug-likeness (QED) is 0.886. The summed E-state index contributed by atoms with van der Waals surface area (Å²) in [5, 5.41) is 0. The fourth-order valence-electron chi connectivity index (χ4n) is 2.85. The number of fused-ring (bicyclic) bond motifs is 1. The molecule has 0 aromatic heterocycles. The van der Waals surface area contributed by atoms with Crippen LogP contribution < -0.4 is 15.4 Å². The molecule has 3 rings (SSSR count). The molecule has 2 aromatic carbocycles. The summed E-state index contributed by atoms with van der Waals surface area (Å²) in [4.78, 5) is 14.4. The maximum Gasteiger partial charge on any atom is 0.268 e. The zero-order valence-corrected chi connectivity index (χ0v) is 12.9. The molecule has 1 aliphatic rings. The van der Waals surface area contributed by atoms with Crippen molar-refractivity contribution in [3.05, 3.63) is 53.6 Å². The summed E-state index contributed by atoms with van der Waals surface area (Å²) in [5.41, 5.74) is 9.50. The molecule has 0 radical (unpaired) electrons. The monoisotopic (exact) mass is 296 g/mol. The van der Waals surface area contributed by atoms with E-state index in [-0.39, 0.29) is 5.91 Å². The molecule has 1 heterocycles. The lowest BCUT2D eigenvalue weighted by Crippen LogP contribution is -2.46. The first-order chi connectivity index (χ1) is 10.6. The van der Waals surface area contributed by atoms with Gasteiger partial charge in [-0.2, -0.15) is 0 Å². The number of anilines is 2. The van der Waals surface area contributed by atoms with E-state index in [1.165, 1.54) is 5.56 Å².